The van der Waals surface area contributed by atoms with Gasteiger partial charge in [-0.3, -0.25) is 0 Å². The van der Waals surface area contributed by atoms with Crippen molar-refractivity contribution in [3.63, 3.8) is 0 Å². The third kappa shape index (κ3) is 3.00. The normalized spacial score (nSPS) is 20.6. The van der Waals surface area contributed by atoms with E-state index >= 15 is 0 Å². The fourth-order valence-corrected chi connectivity index (χ4v) is 2.20. The average Bonchev–Trinajstić information content (AvgIpc) is 2.62. The zero-order chi connectivity index (χ0) is 14.9. The Hall–Kier alpha value is -1.85. The molecule has 1 saturated heterocycles. The van der Waals surface area contributed by atoms with Crippen LogP contribution in [0.25, 0.3) is 0 Å². The number of esters is 1. The number of hydrogen-bond acceptors (Lipinski definition) is 4. The summed E-state index contributed by atoms with van der Waals surface area (Å²) in [6.45, 7) is 2.18. The van der Waals surface area contributed by atoms with Crippen molar-refractivity contribution in [2.45, 2.75) is 25.4 Å². The van der Waals surface area contributed by atoms with Gasteiger partial charge in [-0.2, -0.15) is 8.78 Å². The Labute approximate surface area is 116 Å². The topological polar surface area (TPSA) is 41.6 Å². The van der Waals surface area contributed by atoms with E-state index in [1.165, 1.54) is 0 Å². The van der Waals surface area contributed by atoms with E-state index in [2.05, 4.69) is 10.1 Å². The Morgan fingerprint density at radius 1 is 1.45 bits per heavy atom. The van der Waals surface area contributed by atoms with Crippen molar-refractivity contribution < 1.29 is 18.3 Å². The molecule has 1 aromatic rings. The number of alkyl halides is 2. The maximum atomic E-state index is 13.0. The summed E-state index contributed by atoms with van der Waals surface area (Å²) in [7, 11) is 3.87. The highest BCUT2D eigenvalue weighted by Crippen LogP contribution is 2.31. The van der Waals surface area contributed by atoms with Crippen molar-refractivity contribution in [3.05, 3.63) is 23.8 Å². The van der Waals surface area contributed by atoms with Crippen LogP contribution in [0.5, 0.6) is 0 Å². The number of hydrogen-bond donors (Lipinski definition) is 1. The van der Waals surface area contributed by atoms with Crippen molar-refractivity contribution in [1.82, 2.24) is 0 Å². The number of aryl methyl sites for hydroxylation is 1. The molecular weight excluding hydrogens is 266 g/mol. The quantitative estimate of drug-likeness (QED) is 0.862. The molecule has 0 radical (unpaired) electrons. The predicted molar refractivity (Wildman–Crippen MR) is 73.4 cm³/mol. The van der Waals surface area contributed by atoms with Gasteiger partial charge in [-0.1, -0.05) is 6.07 Å². The van der Waals surface area contributed by atoms with E-state index in [1.54, 1.807) is 0 Å². The second-order valence-corrected chi connectivity index (χ2v) is 5.21. The highest BCUT2D eigenvalue weighted by atomic mass is 19.3. The minimum absolute atomic E-state index is 0.178. The Bertz CT molecular complexity index is 518. The summed E-state index contributed by atoms with van der Waals surface area (Å²) < 4.78 is 30.7. The van der Waals surface area contributed by atoms with Crippen LogP contribution in [0.3, 0.4) is 0 Å². The van der Waals surface area contributed by atoms with Crippen molar-refractivity contribution in [2.75, 3.05) is 30.9 Å². The van der Waals surface area contributed by atoms with Crippen molar-refractivity contribution in [1.29, 1.82) is 0 Å². The molecule has 0 amide bonds. The molecule has 1 aromatic carbocycles. The zero-order valence-electron chi connectivity index (χ0n) is 11.7. The third-order valence-corrected chi connectivity index (χ3v) is 3.28. The maximum absolute atomic E-state index is 13.0. The van der Waals surface area contributed by atoms with E-state index in [-0.39, 0.29) is 6.54 Å². The number of nitrogens with zero attached hydrogens (tertiary/aromatic N) is 1. The van der Waals surface area contributed by atoms with Crippen LogP contribution < -0.4 is 10.2 Å². The fraction of sp³-hybridized carbons (Fsp3) is 0.500. The molecular formula is C14H18F2N2O2. The van der Waals surface area contributed by atoms with Gasteiger partial charge in [0.15, 0.2) is 0 Å². The van der Waals surface area contributed by atoms with E-state index in [0.717, 1.165) is 16.9 Å². The Kier molecular flexibility index (Phi) is 3.83. The molecule has 1 heterocycles. The lowest BCUT2D eigenvalue weighted by Crippen LogP contribution is -2.22. The van der Waals surface area contributed by atoms with E-state index in [1.807, 2.05) is 44.1 Å². The molecule has 1 aliphatic rings. The van der Waals surface area contributed by atoms with Crippen LogP contribution in [0.2, 0.25) is 0 Å². The minimum Gasteiger partial charge on any atom is -0.456 e. The minimum atomic E-state index is -3.35. The lowest BCUT2D eigenvalue weighted by Gasteiger charge is -2.18. The smallest absolute Gasteiger partial charge is 0.377 e. The Balaban J connectivity index is 1.99. The number of nitrogens with one attached hydrogen (secondary N) is 1. The molecule has 1 unspecified atom stereocenters. The van der Waals surface area contributed by atoms with Crippen LogP contribution in [-0.4, -0.2) is 38.6 Å². The van der Waals surface area contributed by atoms with Crippen molar-refractivity contribution in [3.8, 4) is 0 Å². The van der Waals surface area contributed by atoms with E-state index < -0.39 is 24.4 Å². The molecule has 0 aliphatic carbocycles. The SMILES string of the molecule is Cc1ccc(NCC2CC(F)(F)C(=O)O2)cc1N(C)C. The second-order valence-electron chi connectivity index (χ2n) is 5.21. The number of carbonyl (C=O) groups is 1. The van der Waals surface area contributed by atoms with Gasteiger partial charge < -0.3 is 15.0 Å². The maximum Gasteiger partial charge on any atom is 0.377 e. The van der Waals surface area contributed by atoms with Crippen LogP contribution in [-0.2, 0) is 9.53 Å². The molecule has 1 fully saturated rings. The van der Waals surface area contributed by atoms with Crippen LogP contribution in [0, 0.1) is 6.92 Å². The molecule has 2 rings (SSSR count). The number of halogens is 2. The fourth-order valence-electron chi connectivity index (χ4n) is 2.20. The van der Waals surface area contributed by atoms with Gasteiger partial charge in [-0.25, -0.2) is 4.79 Å². The summed E-state index contributed by atoms with van der Waals surface area (Å²) in [5, 5.41) is 3.03. The molecule has 0 saturated carbocycles. The molecule has 0 bridgehead atoms. The summed E-state index contributed by atoms with van der Waals surface area (Å²) >= 11 is 0. The van der Waals surface area contributed by atoms with Gasteiger partial charge in [0.05, 0.1) is 13.0 Å². The van der Waals surface area contributed by atoms with Gasteiger partial charge in [0.1, 0.15) is 6.10 Å². The molecule has 110 valence electrons. The summed E-state index contributed by atoms with van der Waals surface area (Å²) in [6.07, 6.45) is -1.35. The van der Waals surface area contributed by atoms with Crippen molar-refractivity contribution >= 4 is 17.3 Å². The number of ether oxygens (including phenoxy) is 1. The van der Waals surface area contributed by atoms with E-state index in [4.69, 9.17) is 0 Å². The molecule has 6 heteroatoms. The van der Waals surface area contributed by atoms with E-state index in [0.29, 0.717) is 0 Å². The first-order valence-corrected chi connectivity index (χ1v) is 6.40. The van der Waals surface area contributed by atoms with Gasteiger partial charge in [-0.05, 0) is 24.6 Å². The number of carbonyl (C=O) groups excluding carboxylic acids is 1. The average molecular weight is 284 g/mol. The van der Waals surface area contributed by atoms with Crippen LogP contribution in [0.1, 0.15) is 12.0 Å². The predicted octanol–water partition coefficient (Wildman–Crippen LogP) is 2.42. The van der Waals surface area contributed by atoms with Gasteiger partial charge in [0.25, 0.3) is 0 Å². The van der Waals surface area contributed by atoms with Crippen LogP contribution >= 0.6 is 0 Å². The van der Waals surface area contributed by atoms with Crippen LogP contribution in [0.4, 0.5) is 20.2 Å². The lowest BCUT2D eigenvalue weighted by molar-refractivity contribution is -0.158. The summed E-state index contributed by atoms with van der Waals surface area (Å²) in [5.41, 5.74) is 2.98. The molecule has 1 atom stereocenters. The monoisotopic (exact) mass is 284 g/mol. The third-order valence-electron chi connectivity index (χ3n) is 3.28. The molecule has 4 nitrogen and oxygen atoms in total. The molecule has 0 aromatic heterocycles. The van der Waals surface area contributed by atoms with Gasteiger partial charge in [0, 0.05) is 25.5 Å². The van der Waals surface area contributed by atoms with Gasteiger partial charge in [-0.15, -0.1) is 0 Å². The van der Waals surface area contributed by atoms with E-state index in [9.17, 15) is 13.6 Å². The van der Waals surface area contributed by atoms with Gasteiger partial charge in [0.2, 0.25) is 0 Å². The zero-order valence-corrected chi connectivity index (χ0v) is 11.7. The molecule has 1 N–H and O–H groups in total. The lowest BCUT2D eigenvalue weighted by atomic mass is 10.1. The second kappa shape index (κ2) is 5.26. The molecule has 20 heavy (non-hydrogen) atoms. The summed E-state index contributed by atoms with van der Waals surface area (Å²) in [5.74, 6) is -4.78. The highest BCUT2D eigenvalue weighted by molar-refractivity contribution is 5.79. The Morgan fingerprint density at radius 3 is 2.70 bits per heavy atom. The molecule has 0 spiro atoms. The van der Waals surface area contributed by atoms with Crippen molar-refractivity contribution in [2.24, 2.45) is 0 Å². The number of anilines is 2. The summed E-state index contributed by atoms with van der Waals surface area (Å²) in [6, 6.07) is 5.76. The first kappa shape index (κ1) is 14.6. The number of cyclic esters (lactones) is 1. The first-order valence-electron chi connectivity index (χ1n) is 6.40. The summed E-state index contributed by atoms with van der Waals surface area (Å²) in [4.78, 5) is 12.9. The molecule has 1 aliphatic heterocycles. The standard InChI is InChI=1S/C14H18F2N2O2/c1-9-4-5-10(6-12(9)18(2)3)17-8-11-7-14(15,16)13(19)20-11/h4-6,11,17H,7-8H2,1-3H3. The van der Waals surface area contributed by atoms with Crippen LogP contribution in [0.15, 0.2) is 18.2 Å². The Morgan fingerprint density at radius 2 is 2.15 bits per heavy atom. The van der Waals surface area contributed by atoms with Gasteiger partial charge >= 0.3 is 11.9 Å². The number of rotatable bonds is 4. The largest absolute Gasteiger partial charge is 0.456 e. The highest BCUT2D eigenvalue weighted by Gasteiger charge is 2.50. The first-order chi connectivity index (χ1) is 9.29. The number of benzene rings is 1.